The van der Waals surface area contributed by atoms with Gasteiger partial charge in [-0.25, -0.2) is 22.5 Å². The number of nitro groups is 1. The second-order valence-electron chi connectivity index (χ2n) is 20.6. The van der Waals surface area contributed by atoms with Crippen LogP contribution in [0.1, 0.15) is 78.5 Å². The Labute approximate surface area is 439 Å². The molecule has 1 amide bonds. The van der Waals surface area contributed by atoms with Gasteiger partial charge >= 0.3 is 0 Å². The van der Waals surface area contributed by atoms with Crippen LogP contribution in [0.2, 0.25) is 0 Å². The van der Waals surface area contributed by atoms with E-state index in [0.717, 1.165) is 69.7 Å². The lowest BCUT2D eigenvalue weighted by atomic mass is 9.59. The Balaban J connectivity index is 0.818. The van der Waals surface area contributed by atoms with Crippen molar-refractivity contribution in [1.29, 1.82) is 0 Å². The zero-order valence-electron chi connectivity index (χ0n) is 42.6. The summed E-state index contributed by atoms with van der Waals surface area (Å²) in [6, 6.07) is 24.5. The van der Waals surface area contributed by atoms with Crippen LogP contribution in [-0.2, 0) is 26.0 Å². The van der Waals surface area contributed by atoms with E-state index in [-0.39, 0.29) is 59.0 Å². The number of hydrogen-bond acceptors (Lipinski definition) is 16. The lowest BCUT2D eigenvalue weighted by Gasteiger charge is -2.58. The Bertz CT molecular complexity index is 3250. The number of H-pyrrole nitrogens is 1. The van der Waals surface area contributed by atoms with Crippen molar-refractivity contribution in [2.75, 3.05) is 83.2 Å². The van der Waals surface area contributed by atoms with Crippen LogP contribution in [0, 0.1) is 21.3 Å². The van der Waals surface area contributed by atoms with Crippen LogP contribution < -0.4 is 33.9 Å². The molecule has 4 aliphatic heterocycles. The molecule has 3 N–H and O–H groups in total. The number of nitro benzene ring substituents is 1. The number of aromatic amines is 1. The highest BCUT2D eigenvalue weighted by Gasteiger charge is 2.50. The number of piperazine rings is 1. The van der Waals surface area contributed by atoms with E-state index in [1.807, 2.05) is 21.8 Å². The predicted octanol–water partition coefficient (Wildman–Crippen LogP) is 8.52. The molecular formula is C55H61FN8O11S. The highest BCUT2D eigenvalue weighted by Crippen LogP contribution is 2.54. The predicted molar refractivity (Wildman–Crippen MR) is 281 cm³/mol. The number of carbonyl (C=O) groups excluding carboxylic acids is 1. The standard InChI is InChI=1S/C55H61FN8O11S/c1-34(2)41-6-4-5-7-42(41)47-31-61(30-35-8-10-38(70-3)11-9-35)18-19-63(47)37-26-55(27-37)13-16-62(17-14-55)45-24-48(75-39-22-36-12-15-57-53(36)59-28-39)43(23-44(45)56)54(65)60-76(68,69)49-25-46(64(66)67)50(52-51(49)73-33-74-52)58-29-40-32-71-20-21-72-40/h4-12,15,22-25,28,34,37,40,47,58H,13-14,16-21,26-27,29-33H2,1-3H3,(H,57,59)(H,60,65)/t40-,47-/m0/s1. The van der Waals surface area contributed by atoms with Gasteiger partial charge in [0.05, 0.1) is 55.4 Å². The number of methoxy groups -OCH3 is 1. The number of hydrogen-bond donors (Lipinski definition) is 3. The van der Waals surface area contributed by atoms with E-state index in [4.69, 9.17) is 28.4 Å². The number of carbonyl (C=O) groups is 1. The number of piperidine rings is 1. The van der Waals surface area contributed by atoms with Gasteiger partial charge in [0.15, 0.2) is 17.2 Å². The minimum Gasteiger partial charge on any atom is -0.497 e. The van der Waals surface area contributed by atoms with Crippen molar-refractivity contribution in [2.24, 2.45) is 5.41 Å². The Hall–Kier alpha value is -7.04. The molecule has 11 rings (SSSR count). The number of nitrogens with one attached hydrogen (secondary N) is 3. The third kappa shape index (κ3) is 10.3. The maximum atomic E-state index is 16.7. The van der Waals surface area contributed by atoms with Gasteiger partial charge < -0.3 is 43.6 Å². The van der Waals surface area contributed by atoms with Crippen LogP contribution in [-0.4, -0.2) is 124 Å². The van der Waals surface area contributed by atoms with Crippen LogP contribution in [0.15, 0.2) is 96.2 Å². The molecule has 400 valence electrons. The average molecular weight is 1060 g/mol. The fourth-order valence-electron chi connectivity index (χ4n) is 11.6. The fourth-order valence-corrected chi connectivity index (χ4v) is 12.8. The Morgan fingerprint density at radius 3 is 2.53 bits per heavy atom. The lowest BCUT2D eigenvalue weighted by Crippen LogP contribution is -2.60. The van der Waals surface area contributed by atoms with Crippen LogP contribution in [0.5, 0.6) is 28.7 Å². The molecule has 4 aromatic carbocycles. The fraction of sp³-hybridized carbons (Fsp3) is 0.418. The molecule has 21 heteroatoms. The highest BCUT2D eigenvalue weighted by atomic mass is 32.2. The lowest BCUT2D eigenvalue weighted by molar-refractivity contribution is -0.384. The van der Waals surface area contributed by atoms with Gasteiger partial charge in [-0.3, -0.25) is 24.7 Å². The number of ether oxygens (including phenoxy) is 6. The summed E-state index contributed by atoms with van der Waals surface area (Å²) in [6.07, 6.45) is 6.44. The van der Waals surface area contributed by atoms with E-state index in [1.54, 1.807) is 25.4 Å². The first-order chi connectivity index (χ1) is 36.7. The maximum absolute atomic E-state index is 16.7. The Morgan fingerprint density at radius 2 is 1.78 bits per heavy atom. The van der Waals surface area contributed by atoms with E-state index in [2.05, 4.69) is 75.3 Å². The molecule has 0 unspecified atom stereocenters. The molecule has 3 saturated heterocycles. The largest absolute Gasteiger partial charge is 0.497 e. The van der Waals surface area contributed by atoms with Crippen molar-refractivity contribution >= 4 is 44.0 Å². The maximum Gasteiger partial charge on any atom is 0.297 e. The number of nitrogens with zero attached hydrogens (tertiary/aromatic N) is 5. The second kappa shape index (κ2) is 21.2. The number of anilines is 2. The summed E-state index contributed by atoms with van der Waals surface area (Å²) < 4.78 is 81.0. The van der Waals surface area contributed by atoms with Gasteiger partial charge in [0, 0.05) is 81.6 Å². The number of rotatable bonds is 16. The van der Waals surface area contributed by atoms with E-state index in [9.17, 15) is 23.3 Å². The van der Waals surface area contributed by atoms with Crippen LogP contribution in [0.25, 0.3) is 11.0 Å². The summed E-state index contributed by atoms with van der Waals surface area (Å²) >= 11 is 0. The number of halogens is 1. The minimum absolute atomic E-state index is 0.0788. The van der Waals surface area contributed by atoms with Gasteiger partial charge in [0.25, 0.3) is 21.6 Å². The number of fused-ring (bicyclic) bond motifs is 2. The topological polar surface area (TPSA) is 212 Å². The molecule has 2 atom stereocenters. The van der Waals surface area contributed by atoms with Gasteiger partial charge in [-0.15, -0.1) is 0 Å². The quantitative estimate of drug-likeness (QED) is 0.0612. The van der Waals surface area contributed by atoms with E-state index in [1.165, 1.54) is 29.0 Å². The van der Waals surface area contributed by atoms with Crippen LogP contribution in [0.4, 0.5) is 21.5 Å². The normalized spacial score (nSPS) is 19.9. The van der Waals surface area contributed by atoms with Gasteiger partial charge in [-0.2, -0.15) is 0 Å². The van der Waals surface area contributed by atoms with Crippen LogP contribution in [0.3, 0.4) is 0 Å². The number of sulfonamides is 1. The Kier molecular flexibility index (Phi) is 14.2. The summed E-state index contributed by atoms with van der Waals surface area (Å²) in [5.74, 6) is -1.29. The first-order valence-corrected chi connectivity index (χ1v) is 27.2. The van der Waals surface area contributed by atoms with Gasteiger partial charge in [0.1, 0.15) is 33.6 Å². The molecule has 1 spiro atoms. The molecule has 5 aliphatic rings. The van der Waals surface area contributed by atoms with Crippen molar-refractivity contribution in [3.8, 4) is 28.7 Å². The summed E-state index contributed by atoms with van der Waals surface area (Å²) in [6.45, 7) is 9.91. The van der Waals surface area contributed by atoms with Gasteiger partial charge in [-0.1, -0.05) is 50.2 Å². The van der Waals surface area contributed by atoms with Crippen molar-refractivity contribution in [3.63, 3.8) is 0 Å². The zero-order chi connectivity index (χ0) is 52.7. The van der Waals surface area contributed by atoms with Crippen molar-refractivity contribution in [3.05, 3.63) is 129 Å². The zero-order valence-corrected chi connectivity index (χ0v) is 43.4. The number of benzene rings is 4. The molecule has 0 bridgehead atoms. The minimum atomic E-state index is -4.96. The van der Waals surface area contributed by atoms with Gasteiger partial charge in [0.2, 0.25) is 6.79 Å². The number of pyridine rings is 1. The summed E-state index contributed by atoms with van der Waals surface area (Å²) in [7, 11) is -3.27. The van der Waals surface area contributed by atoms with Crippen molar-refractivity contribution < 1.29 is 50.9 Å². The summed E-state index contributed by atoms with van der Waals surface area (Å²) in [4.78, 5) is 39.9. The SMILES string of the molecule is COc1ccc(CN2CCN(C3CC4(CCN(c5cc(Oc6cnc7[nH]ccc7c6)c(C(=O)NS(=O)(=O)c6cc([N+](=O)[O-])c(NC[C@H]7COCCO7)c7c6OCO7)cc5F)CC4)C3)[C@H](c3ccccc3C(C)C)C2)cc1. The molecule has 0 radical (unpaired) electrons. The molecule has 1 aliphatic carbocycles. The van der Waals surface area contributed by atoms with E-state index in [0.29, 0.717) is 49.3 Å². The highest BCUT2D eigenvalue weighted by molar-refractivity contribution is 7.90. The molecule has 6 heterocycles. The van der Waals surface area contributed by atoms with Gasteiger partial charge in [-0.05, 0) is 84.0 Å². The number of aromatic nitrogens is 2. The summed E-state index contributed by atoms with van der Waals surface area (Å²) in [5.41, 5.74) is 3.65. The smallest absolute Gasteiger partial charge is 0.297 e. The third-order valence-corrected chi connectivity index (χ3v) is 16.9. The monoisotopic (exact) mass is 1060 g/mol. The van der Waals surface area contributed by atoms with Crippen LogP contribution >= 0.6 is 0 Å². The molecule has 76 heavy (non-hydrogen) atoms. The summed E-state index contributed by atoms with van der Waals surface area (Å²) in [5, 5.41) is 16.1. The first-order valence-electron chi connectivity index (χ1n) is 25.8. The third-order valence-electron chi connectivity index (χ3n) is 15.6. The second-order valence-corrected chi connectivity index (χ2v) is 22.3. The van der Waals surface area contributed by atoms with Crippen molar-refractivity contribution in [2.45, 2.75) is 75.1 Å². The average Bonchev–Trinajstić information content (AvgIpc) is 4.13. The first kappa shape index (κ1) is 51.1. The molecule has 4 fully saturated rings. The van der Waals surface area contributed by atoms with E-state index < -0.39 is 55.7 Å². The molecule has 1 saturated carbocycles. The molecule has 6 aromatic rings. The molecule has 19 nitrogen and oxygen atoms in total. The Morgan fingerprint density at radius 1 is 0.987 bits per heavy atom. The number of amides is 1. The van der Waals surface area contributed by atoms with E-state index >= 15 is 4.39 Å². The molecular weight excluding hydrogens is 1000 g/mol. The molecule has 2 aromatic heterocycles. The van der Waals surface area contributed by atoms with Crippen molar-refractivity contribution in [1.82, 2.24) is 24.5 Å².